The number of likely N-dealkylation sites (tertiary alicyclic amines) is 1. The predicted octanol–water partition coefficient (Wildman–Crippen LogP) is 1.67. The number of carbonyl (C=O) groups excluding carboxylic acids is 1. The van der Waals surface area contributed by atoms with Crippen molar-refractivity contribution < 1.29 is 4.79 Å². The van der Waals surface area contributed by atoms with E-state index in [1.165, 1.54) is 0 Å². The first-order valence-electron chi connectivity index (χ1n) is 5.66. The molecular formula is C12H17N3O. The standard InChI is InChI=1S/C12H17N3O/c1-9-7-10(8-11(13-2)14-9)12(16)15-5-3-4-6-15/h7-8H,3-6H2,1-2H3,(H,13,14). The minimum Gasteiger partial charge on any atom is -0.373 e. The smallest absolute Gasteiger partial charge is 0.254 e. The molecular weight excluding hydrogens is 202 g/mol. The quantitative estimate of drug-likeness (QED) is 0.823. The molecule has 1 aliphatic rings. The second-order valence-corrected chi connectivity index (χ2v) is 4.13. The molecule has 0 radical (unpaired) electrons. The van der Waals surface area contributed by atoms with Crippen LogP contribution in [0.2, 0.25) is 0 Å². The van der Waals surface area contributed by atoms with E-state index in [2.05, 4.69) is 10.3 Å². The van der Waals surface area contributed by atoms with Crippen LogP contribution in [0.25, 0.3) is 0 Å². The van der Waals surface area contributed by atoms with Crippen LogP contribution in [0.5, 0.6) is 0 Å². The minimum atomic E-state index is 0.125. The molecule has 4 heteroatoms. The highest BCUT2D eigenvalue weighted by molar-refractivity contribution is 5.95. The third-order valence-electron chi connectivity index (χ3n) is 2.85. The highest BCUT2D eigenvalue weighted by Crippen LogP contribution is 2.15. The number of hydrogen-bond acceptors (Lipinski definition) is 3. The molecule has 1 aromatic heterocycles. The van der Waals surface area contributed by atoms with Crippen molar-refractivity contribution >= 4 is 11.7 Å². The first-order chi connectivity index (χ1) is 7.70. The molecule has 1 N–H and O–H groups in total. The summed E-state index contributed by atoms with van der Waals surface area (Å²) in [5.41, 5.74) is 1.60. The maximum absolute atomic E-state index is 12.1. The van der Waals surface area contributed by atoms with Gasteiger partial charge in [-0.15, -0.1) is 0 Å². The number of nitrogens with zero attached hydrogens (tertiary/aromatic N) is 2. The molecule has 16 heavy (non-hydrogen) atoms. The zero-order chi connectivity index (χ0) is 11.5. The Balaban J connectivity index is 2.24. The highest BCUT2D eigenvalue weighted by atomic mass is 16.2. The first-order valence-corrected chi connectivity index (χ1v) is 5.66. The van der Waals surface area contributed by atoms with Gasteiger partial charge in [0.15, 0.2) is 0 Å². The summed E-state index contributed by atoms with van der Waals surface area (Å²) < 4.78 is 0. The lowest BCUT2D eigenvalue weighted by atomic mass is 10.2. The van der Waals surface area contributed by atoms with E-state index < -0.39 is 0 Å². The summed E-state index contributed by atoms with van der Waals surface area (Å²) in [4.78, 5) is 18.3. The molecule has 1 aromatic rings. The fraction of sp³-hybridized carbons (Fsp3) is 0.500. The largest absolute Gasteiger partial charge is 0.373 e. The Morgan fingerprint density at radius 2 is 2.06 bits per heavy atom. The molecule has 0 bridgehead atoms. The number of carbonyl (C=O) groups is 1. The van der Waals surface area contributed by atoms with Crippen molar-refractivity contribution in [2.75, 3.05) is 25.5 Å². The monoisotopic (exact) mass is 219 g/mol. The van der Waals surface area contributed by atoms with E-state index in [0.717, 1.165) is 43.0 Å². The lowest BCUT2D eigenvalue weighted by molar-refractivity contribution is 0.0792. The van der Waals surface area contributed by atoms with E-state index >= 15 is 0 Å². The Labute approximate surface area is 95.7 Å². The van der Waals surface area contributed by atoms with Gasteiger partial charge < -0.3 is 10.2 Å². The molecule has 1 saturated heterocycles. The number of amides is 1. The Hall–Kier alpha value is -1.58. The van der Waals surface area contributed by atoms with Crippen LogP contribution in [-0.2, 0) is 0 Å². The van der Waals surface area contributed by atoms with Crippen LogP contribution >= 0.6 is 0 Å². The molecule has 0 aromatic carbocycles. The van der Waals surface area contributed by atoms with Gasteiger partial charge >= 0.3 is 0 Å². The summed E-state index contributed by atoms with van der Waals surface area (Å²) in [7, 11) is 1.81. The Morgan fingerprint density at radius 3 is 2.69 bits per heavy atom. The highest BCUT2D eigenvalue weighted by Gasteiger charge is 2.20. The molecule has 2 heterocycles. The molecule has 0 spiro atoms. The van der Waals surface area contributed by atoms with E-state index in [1.807, 2.05) is 31.0 Å². The van der Waals surface area contributed by atoms with Gasteiger partial charge in [-0.3, -0.25) is 4.79 Å². The van der Waals surface area contributed by atoms with Crippen molar-refractivity contribution in [1.82, 2.24) is 9.88 Å². The van der Waals surface area contributed by atoms with Gasteiger partial charge in [0.05, 0.1) is 0 Å². The Morgan fingerprint density at radius 1 is 1.38 bits per heavy atom. The van der Waals surface area contributed by atoms with Crippen molar-refractivity contribution in [3.8, 4) is 0 Å². The summed E-state index contributed by atoms with van der Waals surface area (Å²) in [6, 6.07) is 3.66. The van der Waals surface area contributed by atoms with Gasteiger partial charge in [0, 0.05) is 31.4 Å². The minimum absolute atomic E-state index is 0.125. The molecule has 4 nitrogen and oxygen atoms in total. The zero-order valence-corrected chi connectivity index (χ0v) is 9.79. The summed E-state index contributed by atoms with van der Waals surface area (Å²) in [6.45, 7) is 3.67. The van der Waals surface area contributed by atoms with Gasteiger partial charge in [-0.2, -0.15) is 0 Å². The number of rotatable bonds is 2. The maximum atomic E-state index is 12.1. The van der Waals surface area contributed by atoms with Crippen molar-refractivity contribution in [2.45, 2.75) is 19.8 Å². The van der Waals surface area contributed by atoms with E-state index in [0.29, 0.717) is 0 Å². The van der Waals surface area contributed by atoms with Crippen LogP contribution in [0.3, 0.4) is 0 Å². The van der Waals surface area contributed by atoms with Crippen LogP contribution in [0.4, 0.5) is 5.82 Å². The van der Waals surface area contributed by atoms with Crippen LogP contribution in [0.15, 0.2) is 12.1 Å². The van der Waals surface area contributed by atoms with Gasteiger partial charge in [0.2, 0.25) is 0 Å². The zero-order valence-electron chi connectivity index (χ0n) is 9.79. The van der Waals surface area contributed by atoms with Crippen LogP contribution in [0.1, 0.15) is 28.9 Å². The molecule has 0 unspecified atom stereocenters. The molecule has 1 amide bonds. The van der Waals surface area contributed by atoms with Crippen LogP contribution in [-0.4, -0.2) is 35.9 Å². The van der Waals surface area contributed by atoms with E-state index in [9.17, 15) is 4.79 Å². The normalized spacial score (nSPS) is 15.2. The fourth-order valence-corrected chi connectivity index (χ4v) is 2.02. The first kappa shape index (κ1) is 10.9. The lowest BCUT2D eigenvalue weighted by Gasteiger charge is -2.15. The summed E-state index contributed by atoms with van der Waals surface area (Å²) in [5, 5.41) is 2.97. The lowest BCUT2D eigenvalue weighted by Crippen LogP contribution is -2.27. The third kappa shape index (κ3) is 2.15. The van der Waals surface area contributed by atoms with E-state index in [-0.39, 0.29) is 5.91 Å². The van der Waals surface area contributed by atoms with Gasteiger partial charge in [0.25, 0.3) is 5.91 Å². The molecule has 2 rings (SSSR count). The van der Waals surface area contributed by atoms with Gasteiger partial charge in [-0.1, -0.05) is 0 Å². The number of anilines is 1. The maximum Gasteiger partial charge on any atom is 0.254 e. The predicted molar refractivity (Wildman–Crippen MR) is 63.7 cm³/mol. The number of hydrogen-bond donors (Lipinski definition) is 1. The number of aryl methyl sites for hydroxylation is 1. The molecule has 0 aliphatic carbocycles. The van der Waals surface area contributed by atoms with Gasteiger partial charge in [0.1, 0.15) is 5.82 Å². The van der Waals surface area contributed by atoms with Crippen molar-refractivity contribution in [3.63, 3.8) is 0 Å². The molecule has 1 fully saturated rings. The molecule has 0 atom stereocenters. The molecule has 1 aliphatic heterocycles. The Kier molecular flexibility index (Phi) is 3.08. The Bertz CT molecular complexity index is 397. The summed E-state index contributed by atoms with van der Waals surface area (Å²) in [6.07, 6.45) is 2.24. The number of nitrogens with one attached hydrogen (secondary N) is 1. The number of pyridine rings is 1. The summed E-state index contributed by atoms with van der Waals surface area (Å²) in [5.74, 6) is 0.877. The van der Waals surface area contributed by atoms with Gasteiger partial charge in [-0.25, -0.2) is 4.98 Å². The van der Waals surface area contributed by atoms with E-state index in [1.54, 1.807) is 0 Å². The SMILES string of the molecule is CNc1cc(C(=O)N2CCCC2)cc(C)n1. The molecule has 86 valence electrons. The molecule has 0 saturated carbocycles. The van der Waals surface area contributed by atoms with Crippen molar-refractivity contribution in [3.05, 3.63) is 23.4 Å². The average Bonchev–Trinajstić information content (AvgIpc) is 2.80. The number of aromatic nitrogens is 1. The second-order valence-electron chi connectivity index (χ2n) is 4.13. The third-order valence-corrected chi connectivity index (χ3v) is 2.85. The topological polar surface area (TPSA) is 45.2 Å². The fourth-order valence-electron chi connectivity index (χ4n) is 2.02. The van der Waals surface area contributed by atoms with Crippen LogP contribution < -0.4 is 5.32 Å². The van der Waals surface area contributed by atoms with Gasteiger partial charge in [-0.05, 0) is 31.9 Å². The van der Waals surface area contributed by atoms with Crippen molar-refractivity contribution in [2.24, 2.45) is 0 Å². The summed E-state index contributed by atoms with van der Waals surface area (Å²) >= 11 is 0. The van der Waals surface area contributed by atoms with E-state index in [4.69, 9.17) is 0 Å². The van der Waals surface area contributed by atoms with Crippen LogP contribution in [0, 0.1) is 6.92 Å². The average molecular weight is 219 g/mol. The second kappa shape index (κ2) is 4.51. The van der Waals surface area contributed by atoms with Crippen molar-refractivity contribution in [1.29, 1.82) is 0 Å².